The Hall–Kier alpha value is -2.44. The number of piperidine rings is 1. The molecule has 0 bridgehead atoms. The number of anilines is 1. The van der Waals surface area contributed by atoms with Crippen molar-refractivity contribution in [3.8, 4) is 5.88 Å². The molecule has 1 atom stereocenters. The van der Waals surface area contributed by atoms with Crippen molar-refractivity contribution in [1.82, 2.24) is 14.9 Å². The van der Waals surface area contributed by atoms with Crippen LogP contribution in [0.1, 0.15) is 19.8 Å². The Labute approximate surface area is 129 Å². The second-order valence-electron chi connectivity index (χ2n) is 4.96. The lowest BCUT2D eigenvalue weighted by molar-refractivity contribution is -0.130. The van der Waals surface area contributed by atoms with Gasteiger partial charge in [-0.05, 0) is 25.8 Å². The highest BCUT2D eigenvalue weighted by atomic mass is 16.5. The highest BCUT2D eigenvalue weighted by molar-refractivity contribution is 5.93. The molecule has 7 nitrogen and oxygen atoms in total. The van der Waals surface area contributed by atoms with Gasteiger partial charge in [-0.2, -0.15) is 0 Å². The van der Waals surface area contributed by atoms with Crippen molar-refractivity contribution in [2.45, 2.75) is 19.8 Å². The van der Waals surface area contributed by atoms with Gasteiger partial charge in [0.05, 0.1) is 12.5 Å². The van der Waals surface area contributed by atoms with Gasteiger partial charge in [-0.15, -0.1) is 0 Å². The van der Waals surface area contributed by atoms with Crippen LogP contribution < -0.4 is 10.1 Å². The van der Waals surface area contributed by atoms with Gasteiger partial charge in [0.15, 0.2) is 5.82 Å². The van der Waals surface area contributed by atoms with Crippen LogP contribution in [0.4, 0.5) is 5.82 Å². The SMILES string of the molecule is C=CC(=O)N1CCC[C@H](C(=O)Nc2nccnc2OCC)C1. The van der Waals surface area contributed by atoms with Gasteiger partial charge in [-0.1, -0.05) is 6.58 Å². The van der Waals surface area contributed by atoms with Crippen molar-refractivity contribution >= 4 is 17.6 Å². The molecule has 1 aromatic rings. The molecular formula is C15H20N4O3. The number of amides is 2. The minimum atomic E-state index is -0.269. The summed E-state index contributed by atoms with van der Waals surface area (Å²) in [6.07, 6.45) is 5.79. The molecule has 0 aliphatic carbocycles. The summed E-state index contributed by atoms with van der Waals surface area (Å²) in [5.74, 6) is 0.0128. The molecule has 2 amide bonds. The molecule has 1 aliphatic heterocycles. The Bertz CT molecular complexity index is 561. The molecule has 1 N–H and O–H groups in total. The Morgan fingerprint density at radius 1 is 1.50 bits per heavy atom. The molecule has 22 heavy (non-hydrogen) atoms. The average molecular weight is 304 g/mol. The first-order valence-electron chi connectivity index (χ1n) is 7.31. The van der Waals surface area contributed by atoms with Crippen LogP contribution in [0.15, 0.2) is 25.0 Å². The molecule has 1 fully saturated rings. The lowest BCUT2D eigenvalue weighted by atomic mass is 9.97. The number of hydrogen-bond donors (Lipinski definition) is 1. The predicted molar refractivity (Wildman–Crippen MR) is 81.3 cm³/mol. The topological polar surface area (TPSA) is 84.4 Å². The third-order valence-electron chi connectivity index (χ3n) is 3.47. The van der Waals surface area contributed by atoms with E-state index < -0.39 is 0 Å². The van der Waals surface area contributed by atoms with Crippen molar-refractivity contribution in [2.75, 3.05) is 25.0 Å². The molecule has 1 aromatic heterocycles. The summed E-state index contributed by atoms with van der Waals surface area (Å²) < 4.78 is 5.34. The van der Waals surface area contributed by atoms with Gasteiger partial charge >= 0.3 is 0 Å². The Balaban J connectivity index is 2.03. The summed E-state index contributed by atoms with van der Waals surface area (Å²) in [4.78, 5) is 33.8. The number of rotatable bonds is 5. The number of nitrogens with one attached hydrogen (secondary N) is 1. The lowest BCUT2D eigenvalue weighted by Crippen LogP contribution is -2.43. The van der Waals surface area contributed by atoms with Crippen LogP contribution in [0.3, 0.4) is 0 Å². The van der Waals surface area contributed by atoms with E-state index in [0.717, 1.165) is 12.8 Å². The maximum atomic E-state index is 12.4. The van der Waals surface area contributed by atoms with Crippen molar-refractivity contribution in [1.29, 1.82) is 0 Å². The maximum absolute atomic E-state index is 12.4. The van der Waals surface area contributed by atoms with Crippen LogP contribution in [-0.4, -0.2) is 46.4 Å². The van der Waals surface area contributed by atoms with Crippen molar-refractivity contribution < 1.29 is 14.3 Å². The maximum Gasteiger partial charge on any atom is 0.257 e. The molecule has 0 aromatic carbocycles. The predicted octanol–water partition coefficient (Wildman–Crippen LogP) is 1.24. The van der Waals surface area contributed by atoms with Gasteiger partial charge in [-0.25, -0.2) is 9.97 Å². The number of nitrogens with zero attached hydrogens (tertiary/aromatic N) is 3. The molecule has 0 unspecified atom stereocenters. The lowest BCUT2D eigenvalue weighted by Gasteiger charge is -2.31. The first kappa shape index (κ1) is 15.9. The van der Waals surface area contributed by atoms with Crippen LogP contribution in [0.25, 0.3) is 0 Å². The summed E-state index contributed by atoms with van der Waals surface area (Å²) in [6, 6.07) is 0. The van der Waals surface area contributed by atoms with Crippen molar-refractivity contribution in [3.05, 3.63) is 25.0 Å². The number of hydrogen-bond acceptors (Lipinski definition) is 5. The fraction of sp³-hybridized carbons (Fsp3) is 0.467. The highest BCUT2D eigenvalue weighted by Crippen LogP contribution is 2.22. The highest BCUT2D eigenvalue weighted by Gasteiger charge is 2.28. The van der Waals surface area contributed by atoms with E-state index in [1.54, 1.807) is 4.90 Å². The molecule has 1 saturated heterocycles. The van der Waals surface area contributed by atoms with Gasteiger partial charge in [0, 0.05) is 25.5 Å². The Morgan fingerprint density at radius 2 is 2.27 bits per heavy atom. The number of carbonyl (C=O) groups excluding carboxylic acids is 2. The number of aromatic nitrogens is 2. The quantitative estimate of drug-likeness (QED) is 0.827. The normalized spacial score (nSPS) is 17.7. The van der Waals surface area contributed by atoms with E-state index >= 15 is 0 Å². The van der Waals surface area contributed by atoms with Crippen LogP contribution in [0.2, 0.25) is 0 Å². The van der Waals surface area contributed by atoms with Gasteiger partial charge < -0.3 is 15.0 Å². The summed E-state index contributed by atoms with van der Waals surface area (Å²) in [5, 5.41) is 2.74. The fourth-order valence-corrected chi connectivity index (χ4v) is 2.39. The molecule has 0 saturated carbocycles. The molecule has 118 valence electrons. The summed E-state index contributed by atoms with van der Waals surface area (Å²) >= 11 is 0. The molecule has 0 spiro atoms. The van der Waals surface area contributed by atoms with E-state index in [-0.39, 0.29) is 17.7 Å². The summed E-state index contributed by atoms with van der Waals surface area (Å²) in [7, 11) is 0. The third kappa shape index (κ3) is 3.81. The molecule has 7 heteroatoms. The summed E-state index contributed by atoms with van der Waals surface area (Å²) in [5.41, 5.74) is 0. The minimum absolute atomic E-state index is 0.146. The van der Waals surface area contributed by atoms with E-state index in [4.69, 9.17) is 4.74 Å². The van der Waals surface area contributed by atoms with E-state index in [1.807, 2.05) is 6.92 Å². The fourth-order valence-electron chi connectivity index (χ4n) is 2.39. The van der Waals surface area contributed by atoms with E-state index in [1.165, 1.54) is 18.5 Å². The third-order valence-corrected chi connectivity index (χ3v) is 3.47. The molecular weight excluding hydrogens is 284 g/mol. The van der Waals surface area contributed by atoms with E-state index in [9.17, 15) is 9.59 Å². The second-order valence-corrected chi connectivity index (χ2v) is 4.96. The standard InChI is InChI=1S/C15H20N4O3/c1-3-12(20)19-9-5-6-11(10-19)14(21)18-13-15(22-4-2)17-8-7-16-13/h3,7-8,11H,1,4-6,9-10H2,2H3,(H,16,18,21)/t11-/m0/s1. The molecule has 1 aliphatic rings. The summed E-state index contributed by atoms with van der Waals surface area (Å²) in [6.45, 7) is 6.80. The Kier molecular flexibility index (Phi) is 5.46. The molecule has 0 radical (unpaired) electrons. The largest absolute Gasteiger partial charge is 0.475 e. The molecule has 2 rings (SSSR count). The van der Waals surface area contributed by atoms with Gasteiger partial charge in [0.25, 0.3) is 5.88 Å². The zero-order chi connectivity index (χ0) is 15.9. The van der Waals surface area contributed by atoms with Crippen LogP contribution >= 0.6 is 0 Å². The second kappa shape index (κ2) is 7.53. The number of likely N-dealkylation sites (tertiary alicyclic amines) is 1. The van der Waals surface area contributed by atoms with Crippen molar-refractivity contribution in [3.63, 3.8) is 0 Å². The first-order valence-corrected chi connectivity index (χ1v) is 7.31. The Morgan fingerprint density at radius 3 is 3.00 bits per heavy atom. The average Bonchev–Trinajstić information content (AvgIpc) is 2.56. The van der Waals surface area contributed by atoms with Crippen LogP contribution in [0, 0.1) is 5.92 Å². The monoisotopic (exact) mass is 304 g/mol. The van der Waals surface area contributed by atoms with Crippen molar-refractivity contribution in [2.24, 2.45) is 5.92 Å². The van der Waals surface area contributed by atoms with Crippen LogP contribution in [0.5, 0.6) is 5.88 Å². The zero-order valence-electron chi connectivity index (χ0n) is 12.6. The number of ether oxygens (including phenoxy) is 1. The van der Waals surface area contributed by atoms with Gasteiger partial charge in [0.1, 0.15) is 0 Å². The van der Waals surface area contributed by atoms with Gasteiger partial charge in [-0.3, -0.25) is 9.59 Å². The van der Waals surface area contributed by atoms with E-state index in [0.29, 0.717) is 31.4 Å². The van der Waals surface area contributed by atoms with Crippen LogP contribution in [-0.2, 0) is 9.59 Å². The minimum Gasteiger partial charge on any atom is -0.475 e. The number of carbonyl (C=O) groups is 2. The molecule has 2 heterocycles. The van der Waals surface area contributed by atoms with E-state index in [2.05, 4.69) is 21.9 Å². The van der Waals surface area contributed by atoms with Gasteiger partial charge in [0.2, 0.25) is 11.8 Å². The smallest absolute Gasteiger partial charge is 0.257 e. The zero-order valence-corrected chi connectivity index (χ0v) is 12.6. The first-order chi connectivity index (χ1) is 10.7.